The van der Waals surface area contributed by atoms with E-state index < -0.39 is 11.7 Å². The zero-order valence-corrected chi connectivity index (χ0v) is 16.2. The number of carbonyl (C=O) groups is 1. The van der Waals surface area contributed by atoms with Gasteiger partial charge in [-0.1, -0.05) is 12.1 Å². The molecule has 0 bridgehead atoms. The lowest BCUT2D eigenvalue weighted by atomic mass is 10.2. The summed E-state index contributed by atoms with van der Waals surface area (Å²) in [6.07, 6.45) is 1.48. The van der Waals surface area contributed by atoms with Gasteiger partial charge in [0.25, 0.3) is 5.91 Å². The Bertz CT molecular complexity index is 1000. The van der Waals surface area contributed by atoms with E-state index in [-0.39, 0.29) is 5.69 Å². The Morgan fingerprint density at radius 3 is 2.28 bits per heavy atom. The number of methoxy groups -OCH3 is 3. The molecule has 0 aliphatic rings. The van der Waals surface area contributed by atoms with Crippen LogP contribution in [0, 0.1) is 5.82 Å². The lowest BCUT2D eigenvalue weighted by molar-refractivity contribution is 0.102. The molecule has 0 saturated carbocycles. The first-order valence-electron chi connectivity index (χ1n) is 8.64. The number of ether oxygens (including phenoxy) is 3. The number of nitrogens with zero attached hydrogens (tertiary/aromatic N) is 1. The van der Waals surface area contributed by atoms with Gasteiger partial charge in [-0.15, -0.1) is 0 Å². The first-order valence-corrected chi connectivity index (χ1v) is 8.64. The van der Waals surface area contributed by atoms with Crippen molar-refractivity contribution < 1.29 is 23.4 Å². The molecule has 3 aromatic rings. The number of benzene rings is 2. The highest BCUT2D eigenvalue weighted by Crippen LogP contribution is 2.40. The van der Waals surface area contributed by atoms with Crippen LogP contribution in [0.1, 0.15) is 10.4 Å². The molecule has 150 valence electrons. The van der Waals surface area contributed by atoms with Crippen LogP contribution in [0.3, 0.4) is 0 Å². The van der Waals surface area contributed by atoms with Crippen molar-refractivity contribution in [1.29, 1.82) is 0 Å². The van der Waals surface area contributed by atoms with Crippen LogP contribution < -0.4 is 24.8 Å². The lowest BCUT2D eigenvalue weighted by Gasteiger charge is -2.15. The van der Waals surface area contributed by atoms with Crippen LogP contribution in [0.2, 0.25) is 0 Å². The highest BCUT2D eigenvalue weighted by atomic mass is 19.1. The Balaban J connectivity index is 1.83. The zero-order valence-electron chi connectivity index (χ0n) is 16.2. The molecule has 7 nitrogen and oxygen atoms in total. The number of amides is 1. The maximum absolute atomic E-state index is 13.8. The van der Waals surface area contributed by atoms with Crippen molar-refractivity contribution in [3.05, 3.63) is 66.1 Å². The third kappa shape index (κ3) is 4.55. The van der Waals surface area contributed by atoms with E-state index in [1.807, 2.05) is 0 Å². The summed E-state index contributed by atoms with van der Waals surface area (Å²) in [7, 11) is 4.56. The van der Waals surface area contributed by atoms with E-state index >= 15 is 0 Å². The number of aromatic nitrogens is 1. The maximum Gasteiger partial charge on any atom is 0.255 e. The molecule has 8 heteroatoms. The fourth-order valence-electron chi connectivity index (χ4n) is 2.70. The van der Waals surface area contributed by atoms with Gasteiger partial charge in [-0.3, -0.25) is 4.79 Å². The van der Waals surface area contributed by atoms with E-state index in [1.165, 1.54) is 45.7 Å². The maximum atomic E-state index is 13.8. The van der Waals surface area contributed by atoms with Gasteiger partial charge in [0.2, 0.25) is 5.75 Å². The van der Waals surface area contributed by atoms with Gasteiger partial charge >= 0.3 is 0 Å². The van der Waals surface area contributed by atoms with Gasteiger partial charge in [-0.2, -0.15) is 0 Å². The average Bonchev–Trinajstić information content (AvgIpc) is 2.74. The summed E-state index contributed by atoms with van der Waals surface area (Å²) in [5.74, 6) is 0.869. The number of rotatable bonds is 7. The second-order valence-corrected chi connectivity index (χ2v) is 5.90. The van der Waals surface area contributed by atoms with Gasteiger partial charge in [-0.25, -0.2) is 9.37 Å². The summed E-state index contributed by atoms with van der Waals surface area (Å²) >= 11 is 0. The molecule has 0 saturated heterocycles. The number of hydrogen-bond donors (Lipinski definition) is 2. The van der Waals surface area contributed by atoms with E-state index in [1.54, 1.807) is 30.3 Å². The van der Waals surface area contributed by atoms with Crippen molar-refractivity contribution >= 4 is 23.1 Å². The van der Waals surface area contributed by atoms with E-state index in [0.29, 0.717) is 34.3 Å². The molecular formula is C21H20FN3O4. The fraction of sp³-hybridized carbons (Fsp3) is 0.143. The van der Waals surface area contributed by atoms with Crippen LogP contribution in [-0.4, -0.2) is 32.2 Å². The number of anilines is 3. The van der Waals surface area contributed by atoms with Gasteiger partial charge in [0.05, 0.1) is 27.0 Å². The van der Waals surface area contributed by atoms with Crippen LogP contribution >= 0.6 is 0 Å². The molecule has 2 aromatic carbocycles. The van der Waals surface area contributed by atoms with Gasteiger partial charge in [0.1, 0.15) is 11.6 Å². The minimum atomic E-state index is -0.509. The highest BCUT2D eigenvalue weighted by Gasteiger charge is 2.14. The van der Waals surface area contributed by atoms with E-state index in [9.17, 15) is 9.18 Å². The predicted octanol–water partition coefficient (Wildman–Crippen LogP) is 4.24. The average molecular weight is 397 g/mol. The number of pyridine rings is 1. The lowest BCUT2D eigenvalue weighted by Crippen LogP contribution is -2.13. The molecule has 0 fully saturated rings. The molecule has 0 atom stereocenters. The standard InChI is InChI=1S/C21H20FN3O4/c1-27-17-11-14(12-18(28-2)20(17)29-3)24-19-10-13(8-9-23-19)21(26)25-16-7-5-4-6-15(16)22/h4-12H,1-3H3,(H,23,24)(H,25,26). The molecule has 0 aliphatic heterocycles. The number of halogens is 1. The number of para-hydroxylation sites is 1. The minimum absolute atomic E-state index is 0.105. The SMILES string of the molecule is COc1cc(Nc2cc(C(=O)Nc3ccccc3F)ccn2)cc(OC)c1OC. The first-order chi connectivity index (χ1) is 14.0. The van der Waals surface area contributed by atoms with Crippen molar-refractivity contribution in [2.24, 2.45) is 0 Å². The van der Waals surface area contributed by atoms with E-state index in [2.05, 4.69) is 15.6 Å². The number of carbonyl (C=O) groups excluding carboxylic acids is 1. The number of nitrogens with one attached hydrogen (secondary N) is 2. The van der Waals surface area contributed by atoms with Crippen molar-refractivity contribution in [3.8, 4) is 17.2 Å². The van der Waals surface area contributed by atoms with Crippen molar-refractivity contribution in [2.75, 3.05) is 32.0 Å². The summed E-state index contributed by atoms with van der Waals surface area (Å²) in [4.78, 5) is 16.7. The summed E-state index contributed by atoms with van der Waals surface area (Å²) in [6.45, 7) is 0. The zero-order chi connectivity index (χ0) is 20.8. The molecular weight excluding hydrogens is 377 g/mol. The molecule has 2 N–H and O–H groups in total. The second kappa shape index (κ2) is 8.92. The molecule has 1 aromatic heterocycles. The van der Waals surface area contributed by atoms with Crippen molar-refractivity contribution in [3.63, 3.8) is 0 Å². The van der Waals surface area contributed by atoms with Gasteiger partial charge in [0.15, 0.2) is 11.5 Å². The molecule has 1 amide bonds. The summed E-state index contributed by atoms with van der Waals surface area (Å²) in [5, 5.41) is 5.64. The quantitative estimate of drug-likeness (QED) is 0.621. The Morgan fingerprint density at radius 1 is 0.966 bits per heavy atom. The Kier molecular flexibility index (Phi) is 6.13. The normalized spacial score (nSPS) is 10.2. The van der Waals surface area contributed by atoms with Crippen LogP contribution in [0.15, 0.2) is 54.7 Å². The summed E-state index contributed by atoms with van der Waals surface area (Å²) in [5.41, 5.74) is 1.05. The number of hydrogen-bond acceptors (Lipinski definition) is 6. The molecule has 1 heterocycles. The van der Waals surface area contributed by atoms with Crippen LogP contribution in [0.25, 0.3) is 0 Å². The van der Waals surface area contributed by atoms with E-state index in [4.69, 9.17) is 14.2 Å². The monoisotopic (exact) mass is 397 g/mol. The molecule has 29 heavy (non-hydrogen) atoms. The highest BCUT2D eigenvalue weighted by molar-refractivity contribution is 6.04. The van der Waals surface area contributed by atoms with Crippen LogP contribution in [0.4, 0.5) is 21.6 Å². The smallest absolute Gasteiger partial charge is 0.255 e. The van der Waals surface area contributed by atoms with E-state index in [0.717, 1.165) is 0 Å². The Morgan fingerprint density at radius 2 is 1.66 bits per heavy atom. The second-order valence-electron chi connectivity index (χ2n) is 5.90. The van der Waals surface area contributed by atoms with Crippen LogP contribution in [-0.2, 0) is 0 Å². The molecule has 3 rings (SSSR count). The Hall–Kier alpha value is -3.81. The topological polar surface area (TPSA) is 81.7 Å². The van der Waals surface area contributed by atoms with Crippen molar-refractivity contribution in [2.45, 2.75) is 0 Å². The third-order valence-corrected chi connectivity index (χ3v) is 4.08. The predicted molar refractivity (Wildman–Crippen MR) is 108 cm³/mol. The van der Waals surface area contributed by atoms with Gasteiger partial charge in [0, 0.05) is 29.6 Å². The van der Waals surface area contributed by atoms with Gasteiger partial charge < -0.3 is 24.8 Å². The molecule has 0 unspecified atom stereocenters. The summed E-state index contributed by atoms with van der Waals surface area (Å²) in [6, 6.07) is 12.5. The minimum Gasteiger partial charge on any atom is -0.493 e. The Labute approximate surface area is 167 Å². The third-order valence-electron chi connectivity index (χ3n) is 4.08. The molecule has 0 radical (unpaired) electrons. The van der Waals surface area contributed by atoms with Gasteiger partial charge in [-0.05, 0) is 24.3 Å². The molecule has 0 aliphatic carbocycles. The van der Waals surface area contributed by atoms with Crippen molar-refractivity contribution in [1.82, 2.24) is 4.98 Å². The fourth-order valence-corrected chi connectivity index (χ4v) is 2.70. The van der Waals surface area contributed by atoms with Crippen LogP contribution in [0.5, 0.6) is 17.2 Å². The molecule has 0 spiro atoms. The first kappa shape index (κ1) is 19.9. The summed E-state index contributed by atoms with van der Waals surface area (Å²) < 4.78 is 29.7. The largest absolute Gasteiger partial charge is 0.493 e.